The molecule has 2 amide bonds. The van der Waals surface area contributed by atoms with Crippen molar-refractivity contribution in [3.05, 3.63) is 71.2 Å². The smallest absolute Gasteiger partial charge is 0.271 e. The van der Waals surface area contributed by atoms with Crippen LogP contribution in [0.25, 0.3) is 10.6 Å². The molecule has 3 unspecified atom stereocenters. The lowest BCUT2D eigenvalue weighted by Crippen LogP contribution is -2.53. The molecule has 0 aliphatic carbocycles. The molecule has 3 heterocycles. The van der Waals surface area contributed by atoms with Crippen LogP contribution in [0.2, 0.25) is 0 Å². The largest absolute Gasteiger partial charge is 0.508 e. The maximum absolute atomic E-state index is 13.5. The number of carbonyl (C=O) groups excluding carboxylic acids is 3. The molecule has 2 aliphatic rings. The first-order chi connectivity index (χ1) is 16.5. The lowest BCUT2D eigenvalue weighted by Gasteiger charge is -2.27. The van der Waals surface area contributed by atoms with Crippen LogP contribution in [0.3, 0.4) is 0 Å². The van der Waals surface area contributed by atoms with Gasteiger partial charge in [0.15, 0.2) is 5.78 Å². The molecule has 0 bridgehead atoms. The molecule has 3 atom stereocenters. The predicted octanol–water partition coefficient (Wildman–Crippen LogP) is 2.43. The molecule has 8 nitrogen and oxygen atoms in total. The number of thiazole rings is 1. The minimum atomic E-state index is -0.927. The second-order valence-electron chi connectivity index (χ2n) is 8.38. The standard InChI is InChI=1S/C25H23N3O5S/c29-17-8-4-5-15(11-17)12-18(25(32)28-10-9-21-22(28)20(30)13-33-21)26-23(31)19-14-34-24(27-19)16-6-2-1-3-7-16/h1-8,11,14,18,21-22,29H,9-10,12-13H2,(H,26,31). The molecule has 5 rings (SSSR count). The Kier molecular flexibility index (Phi) is 6.12. The fraction of sp³-hybridized carbons (Fsp3) is 0.280. The van der Waals surface area contributed by atoms with Crippen LogP contribution in [0.4, 0.5) is 0 Å². The minimum Gasteiger partial charge on any atom is -0.508 e. The average Bonchev–Trinajstić information content (AvgIpc) is 3.57. The van der Waals surface area contributed by atoms with Gasteiger partial charge in [-0.25, -0.2) is 4.98 Å². The van der Waals surface area contributed by atoms with Gasteiger partial charge in [-0.2, -0.15) is 0 Å². The summed E-state index contributed by atoms with van der Waals surface area (Å²) in [4.78, 5) is 44.9. The van der Waals surface area contributed by atoms with Crippen molar-refractivity contribution >= 4 is 28.9 Å². The highest BCUT2D eigenvalue weighted by Gasteiger charge is 2.48. The van der Waals surface area contributed by atoms with Gasteiger partial charge in [-0.05, 0) is 24.1 Å². The number of hydrogen-bond donors (Lipinski definition) is 2. The Bertz CT molecular complexity index is 1230. The normalized spacial score (nSPS) is 20.2. The number of nitrogens with zero attached hydrogens (tertiary/aromatic N) is 2. The van der Waals surface area contributed by atoms with Gasteiger partial charge in [-0.15, -0.1) is 11.3 Å². The zero-order valence-corrected chi connectivity index (χ0v) is 19.0. The average molecular weight is 478 g/mol. The number of nitrogens with one attached hydrogen (secondary N) is 1. The van der Waals surface area contributed by atoms with Crippen LogP contribution in [0.1, 0.15) is 22.5 Å². The van der Waals surface area contributed by atoms with Gasteiger partial charge in [0, 0.05) is 23.9 Å². The number of ether oxygens (including phenoxy) is 1. The van der Waals surface area contributed by atoms with Crippen molar-refractivity contribution in [3.8, 4) is 16.3 Å². The number of benzene rings is 2. The van der Waals surface area contributed by atoms with E-state index in [4.69, 9.17) is 4.74 Å². The van der Waals surface area contributed by atoms with E-state index in [2.05, 4.69) is 10.3 Å². The topological polar surface area (TPSA) is 109 Å². The van der Waals surface area contributed by atoms with Crippen molar-refractivity contribution in [1.29, 1.82) is 0 Å². The van der Waals surface area contributed by atoms with Gasteiger partial charge in [-0.3, -0.25) is 14.4 Å². The van der Waals surface area contributed by atoms with Crippen molar-refractivity contribution < 1.29 is 24.2 Å². The number of Topliss-reactive ketones (excluding diaryl/α,β-unsaturated/α-hetero) is 1. The number of phenolic OH excluding ortho intramolecular Hbond substituents is 1. The quantitative estimate of drug-likeness (QED) is 0.565. The maximum atomic E-state index is 13.5. The Labute approximate surface area is 200 Å². The van der Waals surface area contributed by atoms with Crippen LogP contribution < -0.4 is 5.32 Å². The molecule has 2 saturated heterocycles. The van der Waals surface area contributed by atoms with Gasteiger partial charge in [-0.1, -0.05) is 42.5 Å². The summed E-state index contributed by atoms with van der Waals surface area (Å²) >= 11 is 1.35. The highest BCUT2D eigenvalue weighted by molar-refractivity contribution is 7.13. The summed E-state index contributed by atoms with van der Waals surface area (Å²) in [7, 11) is 0. The first kappa shape index (κ1) is 22.2. The Morgan fingerprint density at radius 3 is 2.82 bits per heavy atom. The molecule has 2 aliphatic heterocycles. The van der Waals surface area contributed by atoms with Crippen LogP contribution in [0, 0.1) is 0 Å². The second kappa shape index (κ2) is 9.36. The molecule has 174 valence electrons. The second-order valence-corrected chi connectivity index (χ2v) is 9.24. The molecule has 0 spiro atoms. The Hall–Kier alpha value is -3.56. The molecule has 34 heavy (non-hydrogen) atoms. The summed E-state index contributed by atoms with van der Waals surface area (Å²) in [5.74, 6) is -0.865. The summed E-state index contributed by atoms with van der Waals surface area (Å²) in [6.07, 6.45) is 0.458. The minimum absolute atomic E-state index is 0.00375. The fourth-order valence-corrected chi connectivity index (χ4v) is 5.29. The first-order valence-electron chi connectivity index (χ1n) is 11.0. The van der Waals surface area contributed by atoms with E-state index < -0.39 is 18.0 Å². The molecule has 2 fully saturated rings. The molecular weight excluding hydrogens is 454 g/mol. The van der Waals surface area contributed by atoms with E-state index in [1.807, 2.05) is 30.3 Å². The van der Waals surface area contributed by atoms with E-state index in [1.54, 1.807) is 29.6 Å². The molecule has 2 aromatic carbocycles. The van der Waals surface area contributed by atoms with Gasteiger partial charge in [0.25, 0.3) is 5.91 Å². The van der Waals surface area contributed by atoms with Gasteiger partial charge in [0.2, 0.25) is 5.91 Å². The molecular formula is C25H23N3O5S. The Morgan fingerprint density at radius 2 is 2.03 bits per heavy atom. The van der Waals surface area contributed by atoms with Crippen molar-refractivity contribution in [2.75, 3.05) is 13.2 Å². The van der Waals surface area contributed by atoms with Crippen molar-refractivity contribution in [2.24, 2.45) is 0 Å². The molecule has 2 N–H and O–H groups in total. The highest BCUT2D eigenvalue weighted by Crippen LogP contribution is 2.28. The number of amides is 2. The number of ketones is 1. The van der Waals surface area contributed by atoms with E-state index in [0.29, 0.717) is 23.5 Å². The van der Waals surface area contributed by atoms with Crippen LogP contribution >= 0.6 is 11.3 Å². The van der Waals surface area contributed by atoms with E-state index in [9.17, 15) is 19.5 Å². The number of rotatable bonds is 6. The summed E-state index contributed by atoms with van der Waals surface area (Å²) < 4.78 is 5.51. The van der Waals surface area contributed by atoms with Crippen LogP contribution in [0.15, 0.2) is 60.0 Å². The summed E-state index contributed by atoms with van der Waals surface area (Å²) in [5.41, 5.74) is 1.81. The monoisotopic (exact) mass is 477 g/mol. The van der Waals surface area contributed by atoms with E-state index >= 15 is 0 Å². The Balaban J connectivity index is 1.38. The van der Waals surface area contributed by atoms with Crippen molar-refractivity contribution in [3.63, 3.8) is 0 Å². The number of fused-ring (bicyclic) bond motifs is 1. The molecule has 9 heteroatoms. The fourth-order valence-electron chi connectivity index (χ4n) is 4.48. The third-order valence-corrected chi connectivity index (χ3v) is 7.00. The third-order valence-electron chi connectivity index (χ3n) is 6.11. The van der Waals surface area contributed by atoms with Gasteiger partial charge >= 0.3 is 0 Å². The van der Waals surface area contributed by atoms with Crippen LogP contribution in [-0.4, -0.2) is 63.9 Å². The number of hydrogen-bond acceptors (Lipinski definition) is 7. The van der Waals surface area contributed by atoms with Crippen LogP contribution in [-0.2, 0) is 20.7 Å². The van der Waals surface area contributed by atoms with Crippen molar-refractivity contribution in [1.82, 2.24) is 15.2 Å². The predicted molar refractivity (Wildman–Crippen MR) is 125 cm³/mol. The lowest BCUT2D eigenvalue weighted by molar-refractivity contribution is -0.138. The summed E-state index contributed by atoms with van der Waals surface area (Å²) in [5, 5.41) is 15.0. The maximum Gasteiger partial charge on any atom is 0.271 e. The van der Waals surface area contributed by atoms with Gasteiger partial charge in [0.1, 0.15) is 35.1 Å². The number of phenols is 1. The van der Waals surface area contributed by atoms with Crippen LogP contribution in [0.5, 0.6) is 5.75 Å². The van der Waals surface area contributed by atoms with E-state index in [-0.39, 0.29) is 42.3 Å². The number of aromatic hydroxyl groups is 1. The van der Waals surface area contributed by atoms with E-state index in [1.165, 1.54) is 16.2 Å². The first-order valence-corrected chi connectivity index (χ1v) is 11.9. The zero-order chi connectivity index (χ0) is 23.7. The third kappa shape index (κ3) is 4.44. The van der Waals surface area contributed by atoms with E-state index in [0.717, 1.165) is 5.56 Å². The summed E-state index contributed by atoms with van der Waals surface area (Å²) in [6.45, 7) is 0.394. The molecule has 3 aromatic rings. The molecule has 0 saturated carbocycles. The number of carbonyl (C=O) groups is 3. The number of aromatic nitrogens is 1. The van der Waals surface area contributed by atoms with Gasteiger partial charge in [0.05, 0.1) is 6.10 Å². The molecule has 1 aromatic heterocycles. The number of likely N-dealkylation sites (tertiary alicyclic amines) is 1. The SMILES string of the molecule is O=C(NC(Cc1cccc(O)c1)C(=O)N1CCC2OCC(=O)C21)c1csc(-c2ccccc2)n1. The zero-order valence-electron chi connectivity index (χ0n) is 18.2. The Morgan fingerprint density at radius 1 is 1.21 bits per heavy atom. The van der Waals surface area contributed by atoms with Gasteiger partial charge < -0.3 is 20.1 Å². The van der Waals surface area contributed by atoms with Crippen molar-refractivity contribution in [2.45, 2.75) is 31.0 Å². The lowest BCUT2D eigenvalue weighted by atomic mass is 10.0. The summed E-state index contributed by atoms with van der Waals surface area (Å²) in [6, 6.07) is 14.6. The highest BCUT2D eigenvalue weighted by atomic mass is 32.1. The molecule has 0 radical (unpaired) electrons.